The summed E-state index contributed by atoms with van der Waals surface area (Å²) in [5.41, 5.74) is 6.60. The molecule has 0 atom stereocenters. The maximum Gasteiger partial charge on any atom is 0.203 e. The van der Waals surface area contributed by atoms with E-state index in [2.05, 4.69) is 4.98 Å². The highest BCUT2D eigenvalue weighted by Gasteiger charge is 2.14. The van der Waals surface area contributed by atoms with Gasteiger partial charge in [0.25, 0.3) is 0 Å². The second kappa shape index (κ2) is 6.99. The van der Waals surface area contributed by atoms with Gasteiger partial charge in [0.05, 0.1) is 20.8 Å². The molecule has 2 N–H and O–H groups in total. The molecule has 0 saturated carbocycles. The van der Waals surface area contributed by atoms with E-state index in [0.29, 0.717) is 36.8 Å². The third-order valence-electron chi connectivity index (χ3n) is 3.25. The van der Waals surface area contributed by atoms with Crippen molar-refractivity contribution >= 4 is 0 Å². The normalized spacial score (nSPS) is 10.5. The highest BCUT2D eigenvalue weighted by atomic mass is 16.5. The Hall–Kier alpha value is -2.21. The lowest BCUT2D eigenvalue weighted by Gasteiger charge is -2.15. The Kier molecular flexibility index (Phi) is 5.05. The predicted octanol–water partition coefficient (Wildman–Crippen LogP) is 1.52. The van der Waals surface area contributed by atoms with Gasteiger partial charge in [0.2, 0.25) is 5.75 Å². The molecule has 0 amide bonds. The lowest BCUT2D eigenvalue weighted by molar-refractivity contribution is 0.274. The first-order valence-electron chi connectivity index (χ1n) is 6.73. The van der Waals surface area contributed by atoms with E-state index in [1.54, 1.807) is 20.4 Å². The van der Waals surface area contributed by atoms with Crippen LogP contribution in [0.1, 0.15) is 11.4 Å². The molecule has 0 unspecified atom stereocenters. The number of methoxy groups -OCH3 is 2. The summed E-state index contributed by atoms with van der Waals surface area (Å²) >= 11 is 0. The van der Waals surface area contributed by atoms with Gasteiger partial charge < -0.3 is 24.5 Å². The lowest BCUT2D eigenvalue weighted by Crippen LogP contribution is -2.08. The van der Waals surface area contributed by atoms with Crippen molar-refractivity contribution in [3.63, 3.8) is 0 Å². The summed E-state index contributed by atoms with van der Waals surface area (Å²) in [6.45, 7) is 0.903. The largest absolute Gasteiger partial charge is 0.493 e. The van der Waals surface area contributed by atoms with Gasteiger partial charge in [-0.1, -0.05) is 0 Å². The van der Waals surface area contributed by atoms with Crippen LogP contribution < -0.4 is 19.9 Å². The van der Waals surface area contributed by atoms with Crippen molar-refractivity contribution < 1.29 is 14.2 Å². The van der Waals surface area contributed by atoms with E-state index >= 15 is 0 Å². The number of ether oxygens (including phenoxy) is 3. The first kappa shape index (κ1) is 15.2. The summed E-state index contributed by atoms with van der Waals surface area (Å²) in [7, 11) is 5.15. The number of rotatable bonds is 7. The van der Waals surface area contributed by atoms with Crippen LogP contribution in [0.3, 0.4) is 0 Å². The molecule has 0 spiro atoms. The van der Waals surface area contributed by atoms with E-state index in [1.165, 1.54) is 0 Å². The Morgan fingerprint density at radius 1 is 1.19 bits per heavy atom. The molecule has 21 heavy (non-hydrogen) atoms. The average Bonchev–Trinajstić information content (AvgIpc) is 2.92. The minimum Gasteiger partial charge on any atom is -0.493 e. The molecule has 1 aromatic heterocycles. The van der Waals surface area contributed by atoms with Crippen LogP contribution in [-0.4, -0.2) is 30.4 Å². The molecule has 0 aliphatic carbocycles. The van der Waals surface area contributed by atoms with Gasteiger partial charge in [-0.25, -0.2) is 4.98 Å². The van der Waals surface area contributed by atoms with E-state index < -0.39 is 0 Å². The Balaban J connectivity index is 2.13. The summed E-state index contributed by atoms with van der Waals surface area (Å²) in [6.07, 6.45) is 4.38. The minimum absolute atomic E-state index is 0.417. The zero-order valence-electron chi connectivity index (χ0n) is 12.6. The van der Waals surface area contributed by atoms with Crippen LogP contribution in [0.5, 0.6) is 17.2 Å². The van der Waals surface area contributed by atoms with E-state index in [9.17, 15) is 0 Å². The second-order valence-corrected chi connectivity index (χ2v) is 4.59. The van der Waals surface area contributed by atoms with Crippen molar-refractivity contribution in [2.45, 2.75) is 13.0 Å². The number of aryl methyl sites for hydroxylation is 1. The van der Waals surface area contributed by atoms with E-state index in [0.717, 1.165) is 11.4 Å². The van der Waals surface area contributed by atoms with Crippen molar-refractivity contribution in [3.8, 4) is 17.2 Å². The average molecular weight is 291 g/mol. The van der Waals surface area contributed by atoms with Gasteiger partial charge in [0, 0.05) is 32.4 Å². The predicted molar refractivity (Wildman–Crippen MR) is 79.8 cm³/mol. The highest BCUT2D eigenvalue weighted by Crippen LogP contribution is 2.38. The molecule has 0 fully saturated rings. The van der Waals surface area contributed by atoms with Crippen molar-refractivity contribution in [2.24, 2.45) is 12.8 Å². The van der Waals surface area contributed by atoms with Crippen molar-refractivity contribution in [1.29, 1.82) is 0 Å². The number of imidazole rings is 1. The summed E-state index contributed by atoms with van der Waals surface area (Å²) in [4.78, 5) is 4.26. The summed E-state index contributed by atoms with van der Waals surface area (Å²) in [6, 6.07) is 3.72. The monoisotopic (exact) mass is 291 g/mol. The van der Waals surface area contributed by atoms with Crippen LogP contribution in [0.15, 0.2) is 24.5 Å². The maximum atomic E-state index is 5.83. The van der Waals surface area contributed by atoms with E-state index in [4.69, 9.17) is 19.9 Å². The maximum absolute atomic E-state index is 5.83. The first-order valence-corrected chi connectivity index (χ1v) is 6.73. The molecule has 1 heterocycles. The number of aromatic nitrogens is 2. The van der Waals surface area contributed by atoms with Crippen LogP contribution >= 0.6 is 0 Å². The topological polar surface area (TPSA) is 71.5 Å². The van der Waals surface area contributed by atoms with Crippen LogP contribution in [0.2, 0.25) is 0 Å². The molecule has 0 aliphatic rings. The number of nitrogens with two attached hydrogens (primary N) is 1. The molecule has 0 saturated heterocycles. The lowest BCUT2D eigenvalue weighted by atomic mass is 10.2. The third kappa shape index (κ3) is 3.46. The Morgan fingerprint density at radius 2 is 1.86 bits per heavy atom. The molecule has 114 valence electrons. The molecule has 6 heteroatoms. The smallest absolute Gasteiger partial charge is 0.203 e. The first-order chi connectivity index (χ1) is 10.2. The number of hydrogen-bond acceptors (Lipinski definition) is 5. The van der Waals surface area contributed by atoms with Crippen molar-refractivity contribution in [3.05, 3.63) is 35.9 Å². The van der Waals surface area contributed by atoms with Crippen molar-refractivity contribution in [2.75, 3.05) is 20.8 Å². The molecule has 6 nitrogen and oxygen atoms in total. The molecule has 0 aliphatic heterocycles. The van der Waals surface area contributed by atoms with Crippen molar-refractivity contribution in [1.82, 2.24) is 9.55 Å². The SMILES string of the molecule is COc1cc(CN)cc(OC)c1OCCc1nccn1C. The fraction of sp³-hybridized carbons (Fsp3) is 0.400. The van der Waals surface area contributed by atoms with Crippen LogP contribution in [-0.2, 0) is 20.0 Å². The minimum atomic E-state index is 0.417. The summed E-state index contributed by atoms with van der Waals surface area (Å²) in [5.74, 6) is 2.79. The molecule has 2 aromatic rings. The number of hydrogen-bond donors (Lipinski definition) is 1. The van der Waals surface area contributed by atoms with Crippen LogP contribution in [0.25, 0.3) is 0 Å². The third-order valence-corrected chi connectivity index (χ3v) is 3.25. The molecule has 0 radical (unpaired) electrons. The fourth-order valence-electron chi connectivity index (χ4n) is 2.08. The second-order valence-electron chi connectivity index (χ2n) is 4.59. The highest BCUT2D eigenvalue weighted by molar-refractivity contribution is 5.53. The zero-order valence-corrected chi connectivity index (χ0v) is 12.6. The van der Waals surface area contributed by atoms with Crippen LogP contribution in [0, 0.1) is 0 Å². The number of benzene rings is 1. The van der Waals surface area contributed by atoms with Gasteiger partial charge >= 0.3 is 0 Å². The van der Waals surface area contributed by atoms with Gasteiger partial charge in [-0.2, -0.15) is 0 Å². The van der Waals surface area contributed by atoms with Gasteiger partial charge in [-0.05, 0) is 17.7 Å². The Labute approximate surface area is 124 Å². The van der Waals surface area contributed by atoms with Crippen LogP contribution in [0.4, 0.5) is 0 Å². The zero-order chi connectivity index (χ0) is 15.2. The summed E-state index contributed by atoms with van der Waals surface area (Å²) < 4.78 is 18.5. The van der Waals surface area contributed by atoms with Gasteiger partial charge in [0.15, 0.2) is 11.5 Å². The Morgan fingerprint density at radius 3 is 2.33 bits per heavy atom. The molecular formula is C15H21N3O3. The molecular weight excluding hydrogens is 270 g/mol. The van der Waals surface area contributed by atoms with Gasteiger partial charge in [-0.3, -0.25) is 0 Å². The van der Waals surface area contributed by atoms with E-state index in [-0.39, 0.29) is 0 Å². The van der Waals surface area contributed by atoms with Gasteiger partial charge in [-0.15, -0.1) is 0 Å². The molecule has 0 bridgehead atoms. The fourth-order valence-corrected chi connectivity index (χ4v) is 2.08. The van der Waals surface area contributed by atoms with E-state index in [1.807, 2.05) is 29.9 Å². The number of nitrogens with zero attached hydrogens (tertiary/aromatic N) is 2. The quantitative estimate of drug-likeness (QED) is 0.837. The molecule has 1 aromatic carbocycles. The standard InChI is InChI=1S/C15H21N3O3/c1-18-6-5-17-14(18)4-7-21-15-12(19-2)8-11(10-16)9-13(15)20-3/h5-6,8-9H,4,7,10,16H2,1-3H3. The molecule has 2 rings (SSSR count). The Bertz CT molecular complexity index is 571. The van der Waals surface area contributed by atoms with Gasteiger partial charge in [0.1, 0.15) is 5.82 Å². The summed E-state index contributed by atoms with van der Waals surface area (Å²) in [5, 5.41) is 0.